The van der Waals surface area contributed by atoms with Gasteiger partial charge in [0.2, 0.25) is 0 Å². The number of thiazole rings is 1. The van der Waals surface area contributed by atoms with Crippen molar-refractivity contribution in [2.45, 2.75) is 6.32 Å². The van der Waals surface area contributed by atoms with Crippen LogP contribution < -0.4 is 0 Å². The molecule has 0 spiro atoms. The van der Waals surface area contributed by atoms with Crippen LogP contribution in [0.3, 0.4) is 0 Å². The maximum atomic E-state index is 5.79. The van der Waals surface area contributed by atoms with Crippen LogP contribution in [0.25, 0.3) is 11.3 Å². The van der Waals surface area contributed by atoms with Crippen molar-refractivity contribution in [2.24, 2.45) is 0 Å². The van der Waals surface area contributed by atoms with Crippen molar-refractivity contribution in [1.82, 2.24) is 4.98 Å². The van der Waals surface area contributed by atoms with Gasteiger partial charge in [0, 0.05) is 16.0 Å². The van der Waals surface area contributed by atoms with Gasteiger partial charge in [-0.25, -0.2) is 4.98 Å². The van der Waals surface area contributed by atoms with Crippen LogP contribution in [0, 0.1) is 0 Å². The molecule has 0 atom stereocenters. The van der Waals surface area contributed by atoms with Crippen LogP contribution in [0.15, 0.2) is 29.6 Å². The summed E-state index contributed by atoms with van der Waals surface area (Å²) in [6, 6.07) is 7.63. The quantitative estimate of drug-likeness (QED) is 0.707. The predicted octanol–water partition coefficient (Wildman–Crippen LogP) is 3.13. The number of hydrogen-bond donors (Lipinski definition) is 0. The molecule has 1 aromatic carbocycles. The number of nitrogens with zero attached hydrogens (tertiary/aromatic N) is 1. The highest BCUT2D eigenvalue weighted by atomic mass is 35.5. The summed E-state index contributed by atoms with van der Waals surface area (Å²) in [5, 5.41) is 3.70. The lowest BCUT2D eigenvalue weighted by atomic mass is 10.1. The van der Waals surface area contributed by atoms with E-state index < -0.39 is 0 Å². The standard InChI is InChI=1S/C10H7BClNS/c11-5-10-13-9(6-14-10)7-1-3-8(12)4-2-7/h1-4,6H,5H2. The molecule has 2 aromatic rings. The van der Waals surface area contributed by atoms with Crippen molar-refractivity contribution in [1.29, 1.82) is 0 Å². The number of benzene rings is 1. The Labute approximate surface area is 93.2 Å². The molecular weight excluding hydrogens is 212 g/mol. The molecule has 0 amide bonds. The Balaban J connectivity index is 2.34. The van der Waals surface area contributed by atoms with E-state index in [9.17, 15) is 0 Å². The number of aromatic nitrogens is 1. The maximum Gasteiger partial charge on any atom is 0.0847 e. The highest BCUT2D eigenvalue weighted by Gasteiger charge is 2.02. The zero-order chi connectivity index (χ0) is 9.97. The van der Waals surface area contributed by atoms with Crippen LogP contribution in [0.4, 0.5) is 0 Å². The van der Waals surface area contributed by atoms with E-state index in [0.29, 0.717) is 6.32 Å². The third-order valence-electron chi connectivity index (χ3n) is 1.87. The van der Waals surface area contributed by atoms with Gasteiger partial charge in [-0.1, -0.05) is 23.7 Å². The molecule has 0 saturated carbocycles. The lowest BCUT2D eigenvalue weighted by Gasteiger charge is -1.95. The third-order valence-corrected chi connectivity index (χ3v) is 2.99. The summed E-state index contributed by atoms with van der Waals surface area (Å²) in [7, 11) is 5.49. The summed E-state index contributed by atoms with van der Waals surface area (Å²) in [6.45, 7) is 0. The molecule has 2 radical (unpaired) electrons. The first kappa shape index (κ1) is 9.75. The zero-order valence-corrected chi connectivity index (χ0v) is 8.98. The van der Waals surface area contributed by atoms with Crippen molar-refractivity contribution < 1.29 is 0 Å². The molecule has 68 valence electrons. The molecule has 0 aliphatic rings. The van der Waals surface area contributed by atoms with Gasteiger partial charge in [0.1, 0.15) is 0 Å². The third kappa shape index (κ3) is 1.99. The molecule has 1 aromatic heterocycles. The highest BCUT2D eigenvalue weighted by Crippen LogP contribution is 2.23. The van der Waals surface area contributed by atoms with Crippen LogP contribution in [0.2, 0.25) is 5.02 Å². The second kappa shape index (κ2) is 4.15. The maximum absolute atomic E-state index is 5.79. The Hall–Kier alpha value is -0.795. The van der Waals surface area contributed by atoms with Gasteiger partial charge in [0.25, 0.3) is 0 Å². The van der Waals surface area contributed by atoms with Gasteiger partial charge in [0.15, 0.2) is 0 Å². The molecular formula is C10H7BClNS. The Morgan fingerprint density at radius 3 is 2.57 bits per heavy atom. The Bertz CT molecular complexity index is 424. The van der Waals surface area contributed by atoms with Crippen LogP contribution in [-0.2, 0) is 6.32 Å². The molecule has 0 saturated heterocycles. The first-order chi connectivity index (χ1) is 6.79. The molecule has 2 rings (SSSR count). The van der Waals surface area contributed by atoms with Crippen LogP contribution in [0.1, 0.15) is 5.01 Å². The van der Waals surface area contributed by atoms with Crippen molar-refractivity contribution in [3.05, 3.63) is 39.7 Å². The van der Waals surface area contributed by atoms with E-state index in [2.05, 4.69) is 4.98 Å². The van der Waals surface area contributed by atoms with Gasteiger partial charge in [0.05, 0.1) is 18.5 Å². The highest BCUT2D eigenvalue weighted by molar-refractivity contribution is 7.10. The molecule has 1 nitrogen and oxygen atoms in total. The average Bonchev–Trinajstić information content (AvgIpc) is 2.67. The fraction of sp³-hybridized carbons (Fsp3) is 0.100. The van der Waals surface area contributed by atoms with Crippen molar-refractivity contribution in [3.63, 3.8) is 0 Å². The molecule has 0 bridgehead atoms. The van der Waals surface area contributed by atoms with Crippen LogP contribution in [-0.4, -0.2) is 12.8 Å². The SMILES string of the molecule is [B]Cc1nc(-c2ccc(Cl)cc2)cs1. The molecule has 14 heavy (non-hydrogen) atoms. The zero-order valence-electron chi connectivity index (χ0n) is 7.40. The van der Waals surface area contributed by atoms with Crippen molar-refractivity contribution >= 4 is 30.8 Å². The smallest absolute Gasteiger partial charge is 0.0847 e. The van der Waals surface area contributed by atoms with Gasteiger partial charge in [-0.2, -0.15) is 0 Å². The topological polar surface area (TPSA) is 12.9 Å². The molecule has 4 heteroatoms. The summed E-state index contributed by atoms with van der Waals surface area (Å²) in [5.74, 6) is 0. The molecule has 0 fully saturated rings. The summed E-state index contributed by atoms with van der Waals surface area (Å²) in [4.78, 5) is 4.38. The van der Waals surface area contributed by atoms with E-state index >= 15 is 0 Å². The van der Waals surface area contributed by atoms with Gasteiger partial charge in [-0.3, -0.25) is 0 Å². The van der Waals surface area contributed by atoms with E-state index in [-0.39, 0.29) is 0 Å². The van der Waals surface area contributed by atoms with Crippen LogP contribution in [0.5, 0.6) is 0 Å². The normalized spacial score (nSPS) is 10.4. The largest absolute Gasteiger partial charge is 0.242 e. The molecule has 0 aliphatic carbocycles. The Kier molecular flexibility index (Phi) is 2.89. The Morgan fingerprint density at radius 1 is 1.29 bits per heavy atom. The first-order valence-electron chi connectivity index (χ1n) is 4.20. The summed E-state index contributed by atoms with van der Waals surface area (Å²) < 4.78 is 0. The van der Waals surface area contributed by atoms with Gasteiger partial charge in [-0.05, 0) is 18.5 Å². The van der Waals surface area contributed by atoms with Crippen LogP contribution >= 0.6 is 22.9 Å². The molecule has 0 unspecified atom stereocenters. The minimum Gasteiger partial charge on any atom is -0.242 e. The Morgan fingerprint density at radius 2 is 2.00 bits per heavy atom. The van der Waals surface area contributed by atoms with Gasteiger partial charge >= 0.3 is 0 Å². The minimum atomic E-state index is 0.498. The minimum absolute atomic E-state index is 0.498. The lowest BCUT2D eigenvalue weighted by Crippen LogP contribution is -1.82. The fourth-order valence-electron chi connectivity index (χ4n) is 1.16. The van der Waals surface area contributed by atoms with E-state index in [1.54, 1.807) is 11.3 Å². The average molecular weight is 220 g/mol. The predicted molar refractivity (Wildman–Crippen MR) is 62.0 cm³/mol. The van der Waals surface area contributed by atoms with Gasteiger partial charge in [-0.15, -0.1) is 11.3 Å². The lowest BCUT2D eigenvalue weighted by molar-refractivity contribution is 1.26. The molecule has 0 aliphatic heterocycles. The molecule has 0 N–H and O–H groups in total. The van der Waals surface area contributed by atoms with Gasteiger partial charge < -0.3 is 0 Å². The van der Waals surface area contributed by atoms with E-state index in [4.69, 9.17) is 19.4 Å². The summed E-state index contributed by atoms with van der Waals surface area (Å²) in [5.41, 5.74) is 2.04. The summed E-state index contributed by atoms with van der Waals surface area (Å²) >= 11 is 7.37. The molecule has 1 heterocycles. The van der Waals surface area contributed by atoms with E-state index in [0.717, 1.165) is 21.3 Å². The monoisotopic (exact) mass is 219 g/mol. The second-order valence-electron chi connectivity index (χ2n) is 2.84. The first-order valence-corrected chi connectivity index (χ1v) is 5.46. The number of hydrogen-bond acceptors (Lipinski definition) is 2. The van der Waals surface area contributed by atoms with Crippen molar-refractivity contribution in [3.8, 4) is 11.3 Å². The van der Waals surface area contributed by atoms with E-state index in [1.165, 1.54) is 0 Å². The van der Waals surface area contributed by atoms with Crippen molar-refractivity contribution in [2.75, 3.05) is 0 Å². The fourth-order valence-corrected chi connectivity index (χ4v) is 1.97. The number of halogens is 1. The van der Waals surface area contributed by atoms with E-state index in [1.807, 2.05) is 29.6 Å². The number of rotatable bonds is 2. The second-order valence-corrected chi connectivity index (χ2v) is 4.22. The summed E-state index contributed by atoms with van der Waals surface area (Å²) in [6.07, 6.45) is 0.498.